The third kappa shape index (κ3) is 4.54. The number of ketones is 1. The van der Waals surface area contributed by atoms with Gasteiger partial charge in [-0.1, -0.05) is 25.1 Å². The molecule has 0 radical (unpaired) electrons. The van der Waals surface area contributed by atoms with Crippen molar-refractivity contribution in [3.8, 4) is 0 Å². The summed E-state index contributed by atoms with van der Waals surface area (Å²) >= 11 is 0. The van der Waals surface area contributed by atoms with E-state index in [-0.39, 0.29) is 34.6 Å². The molecule has 7 atom stereocenters. The van der Waals surface area contributed by atoms with E-state index in [4.69, 9.17) is 4.74 Å². The summed E-state index contributed by atoms with van der Waals surface area (Å²) in [5.41, 5.74) is 0.174. The second-order valence-corrected chi connectivity index (χ2v) is 13.3. The Morgan fingerprint density at radius 2 is 2.00 bits per heavy atom. The number of rotatable bonds is 8. The van der Waals surface area contributed by atoms with E-state index in [1.54, 1.807) is 16.8 Å². The SMILES string of the molecule is COC[C@]1(CCC(C)(C)O)[C@@H](C)CC[C@H]2[C@@H]3CC[C@H](C(=O)Cn4nnc5c(F)cccc54)[C@@]3(C)CC[C@@H]21. The molecule has 0 unspecified atom stereocenters. The molecule has 1 aromatic heterocycles. The van der Waals surface area contributed by atoms with Gasteiger partial charge >= 0.3 is 0 Å². The molecule has 1 N–H and O–H groups in total. The Morgan fingerprint density at radius 1 is 1.22 bits per heavy atom. The Bertz CT molecular complexity index is 1140. The first-order chi connectivity index (χ1) is 17.5. The Labute approximate surface area is 220 Å². The fourth-order valence-electron chi connectivity index (χ4n) is 8.92. The number of nitrogens with zero attached hydrogens (tertiary/aromatic N) is 3. The number of Topliss-reactive ketones (excluding diaryl/α,β-unsaturated/α-hetero) is 1. The largest absolute Gasteiger partial charge is 0.390 e. The molecule has 6 nitrogen and oxygen atoms in total. The van der Waals surface area contributed by atoms with Gasteiger partial charge < -0.3 is 9.84 Å². The number of fused-ring (bicyclic) bond motifs is 4. The Morgan fingerprint density at radius 3 is 2.73 bits per heavy atom. The molecule has 3 aliphatic carbocycles. The van der Waals surface area contributed by atoms with Crippen molar-refractivity contribution >= 4 is 16.8 Å². The first kappa shape index (κ1) is 26.7. The summed E-state index contributed by atoms with van der Waals surface area (Å²) in [4.78, 5) is 13.7. The van der Waals surface area contributed by atoms with Crippen molar-refractivity contribution in [1.29, 1.82) is 0 Å². The smallest absolute Gasteiger partial charge is 0.157 e. The predicted molar refractivity (Wildman–Crippen MR) is 141 cm³/mol. The number of ether oxygens (including phenoxy) is 1. The maximum atomic E-state index is 14.1. The van der Waals surface area contributed by atoms with Gasteiger partial charge in [-0.3, -0.25) is 4.79 Å². The fraction of sp³-hybridized carbons (Fsp3) is 0.767. The first-order valence-electron chi connectivity index (χ1n) is 14.2. The molecule has 5 rings (SSSR count). The second-order valence-electron chi connectivity index (χ2n) is 13.3. The number of carbonyl (C=O) groups excluding carboxylic acids is 1. The lowest BCUT2D eigenvalue weighted by atomic mass is 9.46. The van der Waals surface area contributed by atoms with Gasteiger partial charge in [0.1, 0.15) is 12.1 Å². The molecule has 204 valence electrons. The van der Waals surface area contributed by atoms with Crippen molar-refractivity contribution in [3.05, 3.63) is 24.0 Å². The minimum absolute atomic E-state index is 0.00110. The number of aliphatic hydroxyl groups is 1. The van der Waals surface area contributed by atoms with Crippen LogP contribution in [-0.2, 0) is 16.1 Å². The number of methoxy groups -OCH3 is 1. The Hall–Kier alpha value is -1.86. The van der Waals surface area contributed by atoms with E-state index in [9.17, 15) is 14.3 Å². The van der Waals surface area contributed by atoms with Crippen molar-refractivity contribution in [1.82, 2.24) is 15.0 Å². The quantitative estimate of drug-likeness (QED) is 0.482. The minimum atomic E-state index is -0.685. The van der Waals surface area contributed by atoms with Gasteiger partial charge in [-0.2, -0.15) is 0 Å². The zero-order valence-electron chi connectivity index (χ0n) is 23.2. The number of benzene rings is 1. The van der Waals surface area contributed by atoms with Crippen LogP contribution in [0.1, 0.15) is 79.1 Å². The number of aromatic nitrogens is 3. The summed E-state index contributed by atoms with van der Waals surface area (Å²) in [6.07, 6.45) is 8.31. The van der Waals surface area contributed by atoms with Crippen molar-refractivity contribution in [3.63, 3.8) is 0 Å². The summed E-state index contributed by atoms with van der Waals surface area (Å²) in [6, 6.07) is 4.80. The third-order valence-corrected chi connectivity index (χ3v) is 10.9. The van der Waals surface area contributed by atoms with Gasteiger partial charge in [0.15, 0.2) is 11.6 Å². The second kappa shape index (κ2) is 9.71. The van der Waals surface area contributed by atoms with Gasteiger partial charge in [-0.15, -0.1) is 5.10 Å². The monoisotopic (exact) mass is 513 g/mol. The summed E-state index contributed by atoms with van der Waals surface area (Å²) in [5, 5.41) is 18.7. The van der Waals surface area contributed by atoms with Crippen LogP contribution < -0.4 is 0 Å². The summed E-state index contributed by atoms with van der Waals surface area (Å²) in [6.45, 7) is 9.46. The molecular formula is C30H44FN3O3. The van der Waals surface area contributed by atoms with Crippen LogP contribution >= 0.6 is 0 Å². The molecule has 0 amide bonds. The predicted octanol–water partition coefficient (Wildman–Crippen LogP) is 5.81. The van der Waals surface area contributed by atoms with E-state index in [2.05, 4.69) is 24.2 Å². The lowest BCUT2D eigenvalue weighted by Gasteiger charge is -2.59. The highest BCUT2D eigenvalue weighted by Crippen LogP contribution is 2.66. The highest BCUT2D eigenvalue weighted by molar-refractivity contribution is 5.84. The third-order valence-electron chi connectivity index (χ3n) is 10.9. The molecule has 2 aromatic rings. The van der Waals surface area contributed by atoms with Crippen LogP contribution in [-0.4, -0.2) is 45.2 Å². The molecule has 3 aliphatic rings. The molecule has 1 heterocycles. The summed E-state index contributed by atoms with van der Waals surface area (Å²) in [7, 11) is 1.82. The first-order valence-corrected chi connectivity index (χ1v) is 14.2. The summed E-state index contributed by atoms with van der Waals surface area (Å²) in [5.74, 6) is 2.03. The molecule has 1 aromatic carbocycles. The zero-order valence-corrected chi connectivity index (χ0v) is 23.2. The highest BCUT2D eigenvalue weighted by atomic mass is 19.1. The molecule has 7 heteroatoms. The molecule has 3 saturated carbocycles. The fourth-order valence-corrected chi connectivity index (χ4v) is 8.92. The van der Waals surface area contributed by atoms with Crippen LogP contribution in [0.4, 0.5) is 4.39 Å². The zero-order chi connectivity index (χ0) is 26.6. The Kier molecular flexibility index (Phi) is 7.02. The van der Waals surface area contributed by atoms with E-state index in [0.29, 0.717) is 29.2 Å². The van der Waals surface area contributed by atoms with Crippen molar-refractivity contribution in [2.75, 3.05) is 13.7 Å². The lowest BCUT2D eigenvalue weighted by molar-refractivity contribution is -0.144. The van der Waals surface area contributed by atoms with E-state index in [1.807, 2.05) is 21.0 Å². The molecule has 0 saturated heterocycles. The average Bonchev–Trinajstić information content (AvgIpc) is 3.41. The van der Waals surface area contributed by atoms with E-state index in [1.165, 1.54) is 18.9 Å². The van der Waals surface area contributed by atoms with Gasteiger partial charge in [-0.05, 0) is 112 Å². The Balaban J connectivity index is 1.38. The van der Waals surface area contributed by atoms with E-state index >= 15 is 0 Å². The van der Waals surface area contributed by atoms with Crippen LogP contribution in [0.25, 0.3) is 11.0 Å². The number of carbonyl (C=O) groups is 1. The number of hydrogen-bond acceptors (Lipinski definition) is 5. The molecular weight excluding hydrogens is 469 g/mol. The maximum Gasteiger partial charge on any atom is 0.157 e. The van der Waals surface area contributed by atoms with Gasteiger partial charge in [-0.25, -0.2) is 9.07 Å². The van der Waals surface area contributed by atoms with Gasteiger partial charge in [0.05, 0.1) is 17.7 Å². The topological polar surface area (TPSA) is 77.2 Å². The van der Waals surface area contributed by atoms with Crippen LogP contribution in [0, 0.1) is 46.2 Å². The average molecular weight is 514 g/mol. The highest BCUT2D eigenvalue weighted by Gasteiger charge is 2.61. The van der Waals surface area contributed by atoms with Crippen molar-refractivity contribution in [2.45, 2.75) is 91.2 Å². The van der Waals surface area contributed by atoms with Crippen molar-refractivity contribution < 1.29 is 19.0 Å². The minimum Gasteiger partial charge on any atom is -0.390 e. The van der Waals surface area contributed by atoms with Crippen LogP contribution in [0.2, 0.25) is 0 Å². The van der Waals surface area contributed by atoms with E-state index in [0.717, 1.165) is 45.1 Å². The van der Waals surface area contributed by atoms with Crippen LogP contribution in [0.3, 0.4) is 0 Å². The normalized spacial score (nSPS) is 35.9. The number of halogens is 1. The van der Waals surface area contributed by atoms with Gasteiger partial charge in [0.25, 0.3) is 0 Å². The molecule has 0 spiro atoms. The van der Waals surface area contributed by atoms with E-state index < -0.39 is 11.4 Å². The summed E-state index contributed by atoms with van der Waals surface area (Å²) < 4.78 is 21.6. The molecule has 0 aliphatic heterocycles. The molecule has 3 fully saturated rings. The van der Waals surface area contributed by atoms with Crippen LogP contribution in [0.5, 0.6) is 0 Å². The lowest BCUT2D eigenvalue weighted by Crippen LogP contribution is -2.55. The van der Waals surface area contributed by atoms with Crippen LogP contribution in [0.15, 0.2) is 18.2 Å². The molecule has 0 bridgehead atoms. The molecule has 37 heavy (non-hydrogen) atoms. The van der Waals surface area contributed by atoms with Gasteiger partial charge in [0, 0.05) is 13.0 Å². The van der Waals surface area contributed by atoms with Gasteiger partial charge in [0.2, 0.25) is 0 Å². The standard InChI is InChI=1S/C30H44FN3O3/c1-19-9-10-20-21-11-12-23(26(35)17-34-25-8-6-7-24(31)27(25)32-33-34)29(21,4)14-13-22(20)30(19,18-37-5)16-15-28(2,3)36/h6-8,19-23,36H,9-18H2,1-5H3/t19-,20-,21-,22-,23+,29-,30+/m0/s1. The van der Waals surface area contributed by atoms with Crippen molar-refractivity contribution in [2.24, 2.45) is 40.4 Å². The maximum absolute atomic E-state index is 14.1. The number of hydrogen-bond donors (Lipinski definition) is 1.